The lowest BCUT2D eigenvalue weighted by Gasteiger charge is -2.20. The monoisotopic (exact) mass is 320 g/mol. The fourth-order valence-corrected chi connectivity index (χ4v) is 4.48. The van der Waals surface area contributed by atoms with Crippen molar-refractivity contribution in [3.8, 4) is 10.8 Å². The van der Waals surface area contributed by atoms with E-state index in [1.165, 1.54) is 24.2 Å². The van der Waals surface area contributed by atoms with E-state index in [0.717, 1.165) is 17.2 Å². The van der Waals surface area contributed by atoms with E-state index in [2.05, 4.69) is 10.6 Å². The third-order valence-electron chi connectivity index (χ3n) is 4.14. The van der Waals surface area contributed by atoms with E-state index < -0.39 is 0 Å². The number of fused-ring (bicyclic) bond motifs is 2. The van der Waals surface area contributed by atoms with Gasteiger partial charge in [0.2, 0.25) is 0 Å². The SMILES string of the molecule is O=C(N[C@@H]1C[C@H]2CC[C@@H]1N2)c1ccc(Oc2ccsc2)s1. The Morgan fingerprint density at radius 2 is 2.29 bits per heavy atom. The van der Waals surface area contributed by atoms with Crippen molar-refractivity contribution in [3.05, 3.63) is 33.8 Å². The van der Waals surface area contributed by atoms with E-state index in [4.69, 9.17) is 4.74 Å². The zero-order chi connectivity index (χ0) is 14.2. The van der Waals surface area contributed by atoms with Crippen LogP contribution in [-0.2, 0) is 0 Å². The molecular weight excluding hydrogens is 304 g/mol. The number of amides is 1. The first-order valence-electron chi connectivity index (χ1n) is 7.15. The normalized spacial score (nSPS) is 27.0. The van der Waals surface area contributed by atoms with E-state index >= 15 is 0 Å². The summed E-state index contributed by atoms with van der Waals surface area (Å²) in [5.41, 5.74) is 0. The maximum Gasteiger partial charge on any atom is 0.261 e. The Labute approximate surface area is 131 Å². The predicted molar refractivity (Wildman–Crippen MR) is 84.5 cm³/mol. The summed E-state index contributed by atoms with van der Waals surface area (Å²) in [6, 6.07) is 6.95. The summed E-state index contributed by atoms with van der Waals surface area (Å²) < 4.78 is 5.71. The summed E-state index contributed by atoms with van der Waals surface area (Å²) in [4.78, 5) is 13.0. The zero-order valence-corrected chi connectivity index (χ0v) is 13.0. The number of nitrogens with one attached hydrogen (secondary N) is 2. The molecule has 2 aliphatic heterocycles. The van der Waals surface area contributed by atoms with E-state index in [1.807, 2.05) is 29.0 Å². The van der Waals surface area contributed by atoms with Gasteiger partial charge < -0.3 is 15.4 Å². The van der Waals surface area contributed by atoms with Crippen LogP contribution in [-0.4, -0.2) is 24.0 Å². The first-order valence-corrected chi connectivity index (χ1v) is 8.91. The number of hydrogen-bond acceptors (Lipinski definition) is 5. The van der Waals surface area contributed by atoms with Gasteiger partial charge in [-0.1, -0.05) is 11.3 Å². The minimum atomic E-state index is 0.0134. The second kappa shape index (κ2) is 5.44. The molecule has 0 saturated carbocycles. The highest BCUT2D eigenvalue weighted by atomic mass is 32.1. The van der Waals surface area contributed by atoms with Gasteiger partial charge in [-0.2, -0.15) is 0 Å². The van der Waals surface area contributed by atoms with Crippen molar-refractivity contribution in [1.29, 1.82) is 0 Å². The highest BCUT2D eigenvalue weighted by Gasteiger charge is 2.39. The van der Waals surface area contributed by atoms with Crippen molar-refractivity contribution in [1.82, 2.24) is 10.6 Å². The summed E-state index contributed by atoms with van der Waals surface area (Å²) >= 11 is 2.99. The summed E-state index contributed by atoms with van der Waals surface area (Å²) in [5.74, 6) is 0.839. The molecule has 1 amide bonds. The Morgan fingerprint density at radius 3 is 3.00 bits per heavy atom. The molecule has 0 aromatic carbocycles. The molecule has 21 heavy (non-hydrogen) atoms. The van der Waals surface area contributed by atoms with Crippen molar-refractivity contribution in [2.75, 3.05) is 0 Å². The van der Waals surface area contributed by atoms with Crippen molar-refractivity contribution in [2.45, 2.75) is 37.4 Å². The molecule has 0 aliphatic carbocycles. The van der Waals surface area contributed by atoms with Crippen molar-refractivity contribution in [3.63, 3.8) is 0 Å². The zero-order valence-electron chi connectivity index (χ0n) is 11.4. The average molecular weight is 320 g/mol. The molecule has 0 unspecified atom stereocenters. The number of rotatable bonds is 4. The lowest BCUT2D eigenvalue weighted by molar-refractivity contribution is 0.0935. The summed E-state index contributed by atoms with van der Waals surface area (Å²) in [7, 11) is 0. The van der Waals surface area contributed by atoms with Gasteiger partial charge in [0.15, 0.2) is 5.06 Å². The Morgan fingerprint density at radius 1 is 1.33 bits per heavy atom. The van der Waals surface area contributed by atoms with Crippen molar-refractivity contribution >= 4 is 28.6 Å². The standard InChI is InChI=1S/C15H16N2O2S2/c18-15(17-12-7-9-1-2-11(12)16-9)13-3-4-14(21-13)19-10-5-6-20-8-10/h3-6,8-9,11-12,16H,1-2,7H2,(H,17,18)/t9-,11+,12-/m1/s1. The topological polar surface area (TPSA) is 50.4 Å². The van der Waals surface area contributed by atoms with E-state index in [-0.39, 0.29) is 11.9 Å². The summed E-state index contributed by atoms with van der Waals surface area (Å²) in [5, 5.41) is 11.4. The van der Waals surface area contributed by atoms with Gasteiger partial charge in [-0.3, -0.25) is 4.79 Å². The molecule has 2 aliphatic rings. The summed E-state index contributed by atoms with van der Waals surface area (Å²) in [6.45, 7) is 0. The molecule has 4 rings (SSSR count). The quantitative estimate of drug-likeness (QED) is 0.909. The molecule has 3 atom stereocenters. The maximum atomic E-state index is 12.3. The van der Waals surface area contributed by atoms with Gasteiger partial charge in [0, 0.05) is 23.5 Å². The average Bonchev–Trinajstić information content (AvgIpc) is 3.24. The molecule has 110 valence electrons. The number of ether oxygens (including phenoxy) is 1. The van der Waals surface area contributed by atoms with Crippen LogP contribution >= 0.6 is 22.7 Å². The number of thiophene rings is 2. The molecule has 0 spiro atoms. The molecule has 2 saturated heterocycles. The van der Waals surface area contributed by atoms with Crippen LogP contribution in [0.15, 0.2) is 29.0 Å². The highest BCUT2D eigenvalue weighted by molar-refractivity contribution is 7.15. The Bertz CT molecular complexity index is 638. The molecule has 2 aromatic rings. The number of carbonyl (C=O) groups excluding carboxylic acids is 1. The Kier molecular flexibility index (Phi) is 3.45. The van der Waals surface area contributed by atoms with Crippen LogP contribution in [0.25, 0.3) is 0 Å². The van der Waals surface area contributed by atoms with Crippen LogP contribution in [0, 0.1) is 0 Å². The minimum absolute atomic E-state index is 0.0134. The van der Waals surface area contributed by atoms with Crippen LogP contribution < -0.4 is 15.4 Å². The minimum Gasteiger partial charge on any atom is -0.446 e. The fraction of sp³-hybridized carbons (Fsp3) is 0.400. The first kappa shape index (κ1) is 13.3. The molecule has 2 N–H and O–H groups in total. The third kappa shape index (κ3) is 2.71. The van der Waals surface area contributed by atoms with E-state index in [0.29, 0.717) is 17.0 Å². The van der Waals surface area contributed by atoms with Gasteiger partial charge in [0.1, 0.15) is 5.75 Å². The van der Waals surface area contributed by atoms with Gasteiger partial charge in [0.05, 0.1) is 4.88 Å². The van der Waals surface area contributed by atoms with Gasteiger partial charge in [0.25, 0.3) is 5.91 Å². The Balaban J connectivity index is 1.39. The first-order chi connectivity index (χ1) is 10.3. The Hall–Kier alpha value is -1.37. The molecule has 4 nitrogen and oxygen atoms in total. The van der Waals surface area contributed by atoms with Crippen LogP contribution in [0.1, 0.15) is 28.9 Å². The molecule has 2 bridgehead atoms. The van der Waals surface area contributed by atoms with Crippen LogP contribution in [0.2, 0.25) is 0 Å². The smallest absolute Gasteiger partial charge is 0.261 e. The van der Waals surface area contributed by atoms with Gasteiger partial charge >= 0.3 is 0 Å². The molecular formula is C15H16N2O2S2. The second-order valence-electron chi connectivity index (χ2n) is 5.54. The lowest BCUT2D eigenvalue weighted by Crippen LogP contribution is -2.42. The largest absolute Gasteiger partial charge is 0.446 e. The molecule has 0 radical (unpaired) electrons. The van der Waals surface area contributed by atoms with E-state index in [9.17, 15) is 4.79 Å². The lowest BCUT2D eigenvalue weighted by atomic mass is 9.95. The van der Waals surface area contributed by atoms with E-state index in [1.54, 1.807) is 11.3 Å². The van der Waals surface area contributed by atoms with Crippen LogP contribution in [0.5, 0.6) is 10.8 Å². The van der Waals surface area contributed by atoms with Crippen LogP contribution in [0.4, 0.5) is 0 Å². The van der Waals surface area contributed by atoms with Gasteiger partial charge in [-0.05, 0) is 42.8 Å². The van der Waals surface area contributed by atoms with Crippen LogP contribution in [0.3, 0.4) is 0 Å². The van der Waals surface area contributed by atoms with Crippen molar-refractivity contribution < 1.29 is 9.53 Å². The van der Waals surface area contributed by atoms with Gasteiger partial charge in [-0.15, -0.1) is 11.3 Å². The second-order valence-corrected chi connectivity index (χ2v) is 7.37. The highest BCUT2D eigenvalue weighted by Crippen LogP contribution is 2.32. The molecule has 6 heteroatoms. The summed E-state index contributed by atoms with van der Waals surface area (Å²) in [6.07, 6.45) is 3.47. The number of carbonyl (C=O) groups is 1. The van der Waals surface area contributed by atoms with Crippen molar-refractivity contribution in [2.24, 2.45) is 0 Å². The van der Waals surface area contributed by atoms with Gasteiger partial charge in [-0.25, -0.2) is 0 Å². The predicted octanol–water partition coefficient (Wildman–Crippen LogP) is 3.22. The maximum absolute atomic E-state index is 12.3. The molecule has 2 aromatic heterocycles. The fourth-order valence-electron chi connectivity index (χ4n) is 3.15. The molecule has 4 heterocycles. The molecule has 2 fully saturated rings. The third-order valence-corrected chi connectivity index (χ3v) is 5.76. The number of hydrogen-bond donors (Lipinski definition) is 2.